The van der Waals surface area contributed by atoms with Gasteiger partial charge in [0, 0.05) is 22.1 Å². The van der Waals surface area contributed by atoms with Crippen LogP contribution in [0.4, 0.5) is 5.69 Å². The Hall–Kier alpha value is -1.80. The number of carbonyl (C=O) groups excluding carboxylic acids is 1. The quantitative estimate of drug-likeness (QED) is 0.464. The molecule has 0 aliphatic carbocycles. The number of rotatable bonds is 5. The van der Waals surface area contributed by atoms with E-state index in [0.717, 1.165) is 0 Å². The first-order valence-corrected chi connectivity index (χ1v) is 7.16. The van der Waals surface area contributed by atoms with Crippen LogP contribution >= 0.6 is 27.3 Å². The summed E-state index contributed by atoms with van der Waals surface area (Å²) in [5.41, 5.74) is -0.0798. The van der Waals surface area contributed by atoms with Gasteiger partial charge in [-0.3, -0.25) is 14.9 Å². The number of ether oxygens (including phenoxy) is 1. The molecule has 0 fully saturated rings. The minimum atomic E-state index is -0.575. The van der Waals surface area contributed by atoms with Crippen molar-refractivity contribution in [2.75, 3.05) is 0 Å². The lowest BCUT2D eigenvalue weighted by atomic mass is 10.1. The Kier molecular flexibility index (Phi) is 4.46. The molecule has 0 atom stereocenters. The number of Topliss-reactive ketones (excluding diaryl/α,β-unsaturated/α-hetero) is 1. The summed E-state index contributed by atoms with van der Waals surface area (Å²) in [5.74, 6) is -0.329. The van der Waals surface area contributed by atoms with Crippen LogP contribution in [-0.2, 0) is 6.61 Å². The number of hydrogen-bond donors (Lipinski definition) is 0. The summed E-state index contributed by atoms with van der Waals surface area (Å²) in [4.78, 5) is 26.2. The second-order valence-electron chi connectivity index (χ2n) is 3.83. The second-order valence-corrected chi connectivity index (χ2v) is 5.72. The lowest BCUT2D eigenvalue weighted by Crippen LogP contribution is -2.05. The topological polar surface area (TPSA) is 82.3 Å². The molecular formula is C12H9BrN2O4S. The Morgan fingerprint density at radius 2 is 2.30 bits per heavy atom. The molecule has 0 aliphatic rings. The molecular weight excluding hydrogens is 348 g/mol. The Morgan fingerprint density at radius 3 is 2.85 bits per heavy atom. The molecule has 0 radical (unpaired) electrons. The highest BCUT2D eigenvalue weighted by atomic mass is 79.9. The van der Waals surface area contributed by atoms with E-state index in [1.54, 1.807) is 11.6 Å². The fourth-order valence-corrected chi connectivity index (χ4v) is 2.56. The van der Waals surface area contributed by atoms with Gasteiger partial charge < -0.3 is 4.74 Å². The third-order valence-electron chi connectivity index (χ3n) is 2.43. The van der Waals surface area contributed by atoms with Crippen molar-refractivity contribution in [3.05, 3.63) is 48.9 Å². The minimum absolute atomic E-state index is 0.0269. The maximum absolute atomic E-state index is 11.6. The molecule has 0 saturated carbocycles. The third-order valence-corrected chi connectivity index (χ3v) is 3.64. The number of benzene rings is 1. The standard InChI is InChI=1S/C12H9BrN2O4S/c1-7(16)9-4-8(13)5-10(15(17)18)12(9)19-6-11-14-2-3-20-11/h2-5H,6H2,1H3. The van der Waals surface area contributed by atoms with E-state index in [2.05, 4.69) is 20.9 Å². The van der Waals surface area contributed by atoms with Crippen LogP contribution in [0.1, 0.15) is 22.3 Å². The van der Waals surface area contributed by atoms with Crippen molar-refractivity contribution in [2.45, 2.75) is 13.5 Å². The normalized spacial score (nSPS) is 10.3. The molecule has 8 heteroatoms. The minimum Gasteiger partial charge on any atom is -0.479 e. The summed E-state index contributed by atoms with van der Waals surface area (Å²) >= 11 is 4.52. The maximum atomic E-state index is 11.6. The van der Waals surface area contributed by atoms with Gasteiger partial charge >= 0.3 is 5.69 Å². The monoisotopic (exact) mass is 356 g/mol. The largest absolute Gasteiger partial charge is 0.479 e. The fourth-order valence-electron chi connectivity index (χ4n) is 1.59. The van der Waals surface area contributed by atoms with Crippen LogP contribution in [0.2, 0.25) is 0 Å². The van der Waals surface area contributed by atoms with E-state index in [-0.39, 0.29) is 29.4 Å². The van der Waals surface area contributed by atoms with Crippen molar-refractivity contribution in [3.8, 4) is 5.75 Å². The number of aromatic nitrogens is 1. The zero-order chi connectivity index (χ0) is 14.7. The number of halogens is 1. The van der Waals surface area contributed by atoms with Gasteiger partial charge in [-0.05, 0) is 13.0 Å². The first-order valence-electron chi connectivity index (χ1n) is 5.49. The third kappa shape index (κ3) is 3.20. The van der Waals surface area contributed by atoms with Crippen molar-refractivity contribution in [3.63, 3.8) is 0 Å². The van der Waals surface area contributed by atoms with Gasteiger partial charge in [0.25, 0.3) is 0 Å². The summed E-state index contributed by atoms with van der Waals surface area (Å²) < 4.78 is 5.91. The smallest absolute Gasteiger partial charge is 0.312 e. The van der Waals surface area contributed by atoms with Crippen molar-refractivity contribution >= 4 is 38.7 Å². The Balaban J connectivity index is 2.42. The van der Waals surface area contributed by atoms with E-state index < -0.39 is 4.92 Å². The van der Waals surface area contributed by atoms with Gasteiger partial charge in [0.05, 0.1) is 10.5 Å². The van der Waals surface area contributed by atoms with Crippen LogP contribution in [-0.4, -0.2) is 15.7 Å². The van der Waals surface area contributed by atoms with Gasteiger partial charge in [0.1, 0.15) is 11.6 Å². The molecule has 2 rings (SSSR count). The zero-order valence-electron chi connectivity index (χ0n) is 10.3. The molecule has 0 spiro atoms. The van der Waals surface area contributed by atoms with E-state index in [4.69, 9.17) is 4.74 Å². The molecule has 0 N–H and O–H groups in total. The molecule has 0 amide bonds. The van der Waals surface area contributed by atoms with Gasteiger partial charge in [-0.15, -0.1) is 11.3 Å². The lowest BCUT2D eigenvalue weighted by Gasteiger charge is -2.09. The van der Waals surface area contributed by atoms with E-state index in [1.165, 1.54) is 30.4 Å². The van der Waals surface area contributed by atoms with Gasteiger partial charge in [0.15, 0.2) is 5.78 Å². The lowest BCUT2D eigenvalue weighted by molar-refractivity contribution is -0.386. The van der Waals surface area contributed by atoms with Crippen LogP contribution in [0.3, 0.4) is 0 Å². The highest BCUT2D eigenvalue weighted by Gasteiger charge is 2.23. The number of nitrogens with zero attached hydrogens (tertiary/aromatic N) is 2. The molecule has 0 bridgehead atoms. The molecule has 104 valence electrons. The fraction of sp³-hybridized carbons (Fsp3) is 0.167. The summed E-state index contributed by atoms with van der Waals surface area (Å²) in [6, 6.07) is 2.82. The number of carbonyl (C=O) groups is 1. The van der Waals surface area contributed by atoms with Gasteiger partial charge in [-0.1, -0.05) is 15.9 Å². The van der Waals surface area contributed by atoms with E-state index in [0.29, 0.717) is 9.48 Å². The van der Waals surface area contributed by atoms with Gasteiger partial charge in [0.2, 0.25) is 5.75 Å². The summed E-state index contributed by atoms with van der Waals surface area (Å²) in [6.07, 6.45) is 1.62. The second kappa shape index (κ2) is 6.10. The molecule has 2 aromatic rings. The van der Waals surface area contributed by atoms with E-state index in [9.17, 15) is 14.9 Å². The number of thiazole rings is 1. The summed E-state index contributed by atoms with van der Waals surface area (Å²) in [7, 11) is 0. The number of hydrogen-bond acceptors (Lipinski definition) is 6. The van der Waals surface area contributed by atoms with Crippen LogP contribution in [0.15, 0.2) is 28.2 Å². The first kappa shape index (κ1) is 14.6. The Labute approximate surface area is 126 Å². The number of ketones is 1. The maximum Gasteiger partial charge on any atom is 0.312 e. The summed E-state index contributed by atoms with van der Waals surface area (Å²) in [6.45, 7) is 1.42. The van der Waals surface area contributed by atoms with Crippen LogP contribution < -0.4 is 4.74 Å². The molecule has 1 aromatic heterocycles. The van der Waals surface area contributed by atoms with Crippen LogP contribution in [0, 0.1) is 10.1 Å². The highest BCUT2D eigenvalue weighted by molar-refractivity contribution is 9.10. The number of nitro benzene ring substituents is 1. The summed E-state index contributed by atoms with van der Waals surface area (Å²) in [5, 5.41) is 13.5. The number of nitro groups is 1. The average Bonchev–Trinajstić information content (AvgIpc) is 2.89. The van der Waals surface area contributed by atoms with Crippen molar-refractivity contribution in [1.29, 1.82) is 0 Å². The highest BCUT2D eigenvalue weighted by Crippen LogP contribution is 2.35. The Bertz CT molecular complexity index is 622. The van der Waals surface area contributed by atoms with Crippen LogP contribution in [0.5, 0.6) is 5.75 Å². The molecule has 6 nitrogen and oxygen atoms in total. The predicted octanol–water partition coefficient (Wildman–Crippen LogP) is 3.60. The van der Waals surface area contributed by atoms with Gasteiger partial charge in [-0.2, -0.15) is 0 Å². The molecule has 0 aliphatic heterocycles. The average molecular weight is 357 g/mol. The Morgan fingerprint density at radius 1 is 1.55 bits per heavy atom. The predicted molar refractivity (Wildman–Crippen MR) is 77.2 cm³/mol. The molecule has 0 unspecified atom stereocenters. The zero-order valence-corrected chi connectivity index (χ0v) is 12.7. The molecule has 1 aromatic carbocycles. The van der Waals surface area contributed by atoms with E-state index in [1.807, 2.05) is 0 Å². The van der Waals surface area contributed by atoms with Crippen LogP contribution in [0.25, 0.3) is 0 Å². The van der Waals surface area contributed by atoms with Crippen molar-refractivity contribution in [1.82, 2.24) is 4.98 Å². The van der Waals surface area contributed by atoms with Gasteiger partial charge in [-0.25, -0.2) is 4.98 Å². The molecule has 20 heavy (non-hydrogen) atoms. The molecule has 0 saturated heterocycles. The van der Waals surface area contributed by atoms with Crippen molar-refractivity contribution < 1.29 is 14.5 Å². The SMILES string of the molecule is CC(=O)c1cc(Br)cc([N+](=O)[O-])c1OCc1nccs1. The molecule has 1 heterocycles. The van der Waals surface area contributed by atoms with Crippen molar-refractivity contribution in [2.24, 2.45) is 0 Å². The van der Waals surface area contributed by atoms with E-state index >= 15 is 0 Å². The first-order chi connectivity index (χ1) is 9.49.